The van der Waals surface area contributed by atoms with E-state index in [0.29, 0.717) is 0 Å². The number of hydrogen-bond donors (Lipinski definition) is 1. The predicted octanol–water partition coefficient (Wildman–Crippen LogP) is 1.67. The Morgan fingerprint density at radius 2 is 1.85 bits per heavy atom. The van der Waals surface area contributed by atoms with Crippen molar-refractivity contribution in [3.8, 4) is 0 Å². The van der Waals surface area contributed by atoms with Gasteiger partial charge in [-0.1, -0.05) is 6.42 Å². The molecule has 2 atom stereocenters. The monoisotopic (exact) mass is 174 g/mol. The second-order valence-corrected chi connectivity index (χ2v) is 4.31. The van der Waals surface area contributed by atoms with Crippen LogP contribution in [-0.4, -0.2) is 4.98 Å². The molecule has 0 radical (unpaired) electrons. The van der Waals surface area contributed by atoms with Crippen molar-refractivity contribution in [3.05, 3.63) is 30.1 Å². The summed E-state index contributed by atoms with van der Waals surface area (Å²) in [6.45, 7) is 0. The highest BCUT2D eigenvalue weighted by Crippen LogP contribution is 2.64. The third-order valence-corrected chi connectivity index (χ3v) is 3.81. The fourth-order valence-electron chi connectivity index (χ4n) is 3.07. The molecule has 2 unspecified atom stereocenters. The van der Waals surface area contributed by atoms with Gasteiger partial charge in [0.25, 0.3) is 0 Å². The van der Waals surface area contributed by atoms with Gasteiger partial charge in [0.2, 0.25) is 0 Å². The Hall–Kier alpha value is -0.890. The molecule has 0 amide bonds. The van der Waals surface area contributed by atoms with Crippen molar-refractivity contribution in [2.75, 3.05) is 0 Å². The fourth-order valence-corrected chi connectivity index (χ4v) is 3.07. The molecule has 0 aromatic carbocycles. The van der Waals surface area contributed by atoms with E-state index < -0.39 is 0 Å². The van der Waals surface area contributed by atoms with Crippen molar-refractivity contribution < 1.29 is 0 Å². The van der Waals surface area contributed by atoms with Crippen molar-refractivity contribution in [1.82, 2.24) is 4.98 Å². The van der Waals surface area contributed by atoms with Gasteiger partial charge in [-0.15, -0.1) is 0 Å². The number of rotatable bonds is 1. The van der Waals surface area contributed by atoms with E-state index in [9.17, 15) is 0 Å². The summed E-state index contributed by atoms with van der Waals surface area (Å²) in [5, 5.41) is 0. The van der Waals surface area contributed by atoms with Gasteiger partial charge >= 0.3 is 0 Å². The first kappa shape index (κ1) is 7.51. The second-order valence-electron chi connectivity index (χ2n) is 4.31. The number of nitrogens with two attached hydrogens (primary N) is 1. The number of hydrogen-bond acceptors (Lipinski definition) is 2. The van der Waals surface area contributed by atoms with Gasteiger partial charge in [0, 0.05) is 17.9 Å². The lowest BCUT2D eigenvalue weighted by Crippen LogP contribution is -2.25. The van der Waals surface area contributed by atoms with Gasteiger partial charge in [-0.25, -0.2) is 0 Å². The van der Waals surface area contributed by atoms with Crippen LogP contribution in [0.3, 0.4) is 0 Å². The van der Waals surface area contributed by atoms with E-state index in [0.717, 1.165) is 11.8 Å². The molecular weight excluding hydrogens is 160 g/mol. The largest absolute Gasteiger partial charge is 0.321 e. The van der Waals surface area contributed by atoms with Crippen molar-refractivity contribution >= 4 is 0 Å². The fraction of sp³-hybridized carbons (Fsp3) is 0.545. The van der Waals surface area contributed by atoms with E-state index in [1.807, 2.05) is 12.4 Å². The maximum absolute atomic E-state index is 6.39. The Morgan fingerprint density at radius 3 is 2.46 bits per heavy atom. The van der Waals surface area contributed by atoms with Crippen LogP contribution in [0.15, 0.2) is 24.5 Å². The molecule has 2 N–H and O–H groups in total. The Kier molecular flexibility index (Phi) is 1.34. The third-order valence-electron chi connectivity index (χ3n) is 3.81. The molecule has 68 valence electrons. The Bertz CT molecular complexity index is 310. The lowest BCUT2D eigenvalue weighted by Gasteiger charge is -2.15. The summed E-state index contributed by atoms with van der Waals surface area (Å²) in [7, 11) is 0. The van der Waals surface area contributed by atoms with Crippen LogP contribution in [0, 0.1) is 11.8 Å². The lowest BCUT2D eigenvalue weighted by atomic mass is 9.98. The second kappa shape index (κ2) is 2.32. The molecule has 2 heteroatoms. The predicted molar refractivity (Wildman–Crippen MR) is 50.9 cm³/mol. The summed E-state index contributed by atoms with van der Waals surface area (Å²) in [6, 6.07) is 4.14. The number of aromatic nitrogens is 1. The van der Waals surface area contributed by atoms with Crippen LogP contribution in [0.5, 0.6) is 0 Å². The average molecular weight is 174 g/mol. The number of nitrogens with zero attached hydrogens (tertiary/aromatic N) is 1. The summed E-state index contributed by atoms with van der Waals surface area (Å²) in [4.78, 5) is 4.03. The van der Waals surface area contributed by atoms with Crippen molar-refractivity contribution in [2.45, 2.75) is 24.8 Å². The van der Waals surface area contributed by atoms with Crippen molar-refractivity contribution in [3.63, 3.8) is 0 Å². The topological polar surface area (TPSA) is 38.9 Å². The van der Waals surface area contributed by atoms with Crippen LogP contribution < -0.4 is 5.73 Å². The molecule has 0 aliphatic heterocycles. The molecule has 13 heavy (non-hydrogen) atoms. The maximum atomic E-state index is 6.39. The Balaban J connectivity index is 1.95. The first-order valence-electron chi connectivity index (χ1n) is 5.03. The Morgan fingerprint density at radius 1 is 1.23 bits per heavy atom. The molecule has 3 rings (SSSR count). The minimum absolute atomic E-state index is 0.0151. The maximum Gasteiger partial charge on any atom is 0.0474 e. The Labute approximate surface area is 78.2 Å². The van der Waals surface area contributed by atoms with Gasteiger partial charge in [0.15, 0.2) is 0 Å². The zero-order valence-corrected chi connectivity index (χ0v) is 7.61. The highest BCUT2D eigenvalue weighted by molar-refractivity contribution is 5.34. The van der Waals surface area contributed by atoms with Gasteiger partial charge in [-0.2, -0.15) is 0 Å². The molecule has 2 aliphatic rings. The number of fused-ring (bicyclic) bond motifs is 1. The van der Waals surface area contributed by atoms with Crippen LogP contribution in [0.4, 0.5) is 0 Å². The normalized spacial score (nSPS) is 41.6. The summed E-state index contributed by atoms with van der Waals surface area (Å²) in [5.74, 6) is 1.52. The minimum atomic E-state index is 0.0151. The molecule has 2 fully saturated rings. The van der Waals surface area contributed by atoms with Crippen LogP contribution in [-0.2, 0) is 5.54 Å². The molecule has 2 nitrogen and oxygen atoms in total. The molecular formula is C11H14N2. The van der Waals surface area contributed by atoms with E-state index in [4.69, 9.17) is 5.73 Å². The third kappa shape index (κ3) is 0.841. The molecule has 2 aliphatic carbocycles. The van der Waals surface area contributed by atoms with E-state index in [2.05, 4.69) is 17.1 Å². The lowest BCUT2D eigenvalue weighted by molar-refractivity contribution is 0.526. The van der Waals surface area contributed by atoms with E-state index >= 15 is 0 Å². The van der Waals surface area contributed by atoms with Crippen molar-refractivity contribution in [2.24, 2.45) is 17.6 Å². The first-order chi connectivity index (χ1) is 6.33. The van der Waals surface area contributed by atoms with Gasteiger partial charge < -0.3 is 5.73 Å². The first-order valence-corrected chi connectivity index (χ1v) is 5.03. The summed E-state index contributed by atoms with van der Waals surface area (Å²) in [6.07, 6.45) is 7.71. The van der Waals surface area contributed by atoms with E-state index in [-0.39, 0.29) is 5.54 Å². The van der Waals surface area contributed by atoms with Crippen LogP contribution in [0.2, 0.25) is 0 Å². The smallest absolute Gasteiger partial charge is 0.0474 e. The standard InChI is InChI=1S/C11H14N2/c12-11(8-4-6-13-7-5-8)9-2-1-3-10(9)11/h4-7,9-10H,1-3,12H2. The molecule has 1 aromatic heterocycles. The van der Waals surface area contributed by atoms with E-state index in [1.54, 1.807) is 0 Å². The van der Waals surface area contributed by atoms with Gasteiger partial charge in [0.1, 0.15) is 0 Å². The SMILES string of the molecule is NC1(c2ccncc2)C2CCCC21. The molecule has 2 saturated carbocycles. The highest BCUT2D eigenvalue weighted by Gasteiger charge is 2.64. The molecule has 0 spiro atoms. The van der Waals surface area contributed by atoms with Gasteiger partial charge in [0.05, 0.1) is 0 Å². The zero-order chi connectivity index (χ0) is 8.89. The summed E-state index contributed by atoms with van der Waals surface area (Å²) >= 11 is 0. The summed E-state index contributed by atoms with van der Waals surface area (Å²) in [5.41, 5.74) is 7.69. The van der Waals surface area contributed by atoms with Crippen LogP contribution >= 0.6 is 0 Å². The quantitative estimate of drug-likeness (QED) is 0.703. The van der Waals surface area contributed by atoms with Crippen LogP contribution in [0.25, 0.3) is 0 Å². The molecule has 1 heterocycles. The molecule has 0 saturated heterocycles. The zero-order valence-electron chi connectivity index (χ0n) is 7.61. The average Bonchev–Trinajstić information content (AvgIpc) is 2.62. The molecule has 1 aromatic rings. The van der Waals surface area contributed by atoms with Gasteiger partial charge in [-0.3, -0.25) is 4.98 Å². The van der Waals surface area contributed by atoms with Gasteiger partial charge in [-0.05, 0) is 42.4 Å². The molecule has 0 bridgehead atoms. The van der Waals surface area contributed by atoms with Crippen LogP contribution in [0.1, 0.15) is 24.8 Å². The number of pyridine rings is 1. The summed E-state index contributed by atoms with van der Waals surface area (Å²) < 4.78 is 0. The highest BCUT2D eigenvalue weighted by atomic mass is 14.9. The van der Waals surface area contributed by atoms with E-state index in [1.165, 1.54) is 24.8 Å². The van der Waals surface area contributed by atoms with Crippen molar-refractivity contribution in [1.29, 1.82) is 0 Å². The minimum Gasteiger partial charge on any atom is -0.321 e.